The molecule has 0 N–H and O–H groups in total. The largest absolute Gasteiger partial charge is 0.165 e. The fourth-order valence-corrected chi connectivity index (χ4v) is 2.92. The maximum Gasteiger partial charge on any atom is -0.00340 e. The smallest absolute Gasteiger partial charge is 0.00340 e. The summed E-state index contributed by atoms with van der Waals surface area (Å²) in [6, 6.07) is 0. The first kappa shape index (κ1) is 12.7. The zero-order valence-corrected chi connectivity index (χ0v) is 10.4. The van der Waals surface area contributed by atoms with Gasteiger partial charge in [-0.3, -0.25) is 0 Å². The van der Waals surface area contributed by atoms with Crippen LogP contribution in [0.15, 0.2) is 0 Å². The van der Waals surface area contributed by atoms with Crippen LogP contribution in [0.3, 0.4) is 0 Å². The quantitative estimate of drug-likeness (QED) is 0.622. The lowest BCUT2D eigenvalue weighted by Crippen LogP contribution is -2.08. The van der Waals surface area contributed by atoms with Crippen molar-refractivity contribution in [3.8, 4) is 0 Å². The summed E-state index contributed by atoms with van der Waals surface area (Å²) in [6.45, 7) is 4.63. The molecule has 0 aliphatic carbocycles. The van der Waals surface area contributed by atoms with Crippen molar-refractivity contribution in [1.29, 1.82) is 0 Å². The molecule has 0 aromatic carbocycles. The van der Waals surface area contributed by atoms with Crippen LogP contribution in [-0.4, -0.2) is 24.0 Å². The van der Waals surface area contributed by atoms with E-state index in [1.807, 2.05) is 23.5 Å². The molecule has 0 aliphatic rings. The van der Waals surface area contributed by atoms with Crippen molar-refractivity contribution in [2.24, 2.45) is 11.8 Å². The van der Waals surface area contributed by atoms with Gasteiger partial charge in [-0.05, 0) is 42.3 Å². The normalized spacial score (nSPS) is 11.5. The minimum absolute atomic E-state index is 0.871. The molecule has 0 aromatic heterocycles. The first-order valence-corrected chi connectivity index (χ1v) is 7.47. The topological polar surface area (TPSA) is 0 Å². The summed E-state index contributed by atoms with van der Waals surface area (Å²) in [7, 11) is 0. The maximum absolute atomic E-state index is 2.31. The molecule has 0 spiro atoms. The fraction of sp³-hybridized carbons (Fsp3) is 1.00. The van der Waals surface area contributed by atoms with Gasteiger partial charge in [0.1, 0.15) is 0 Å². The van der Waals surface area contributed by atoms with Crippen molar-refractivity contribution in [3.05, 3.63) is 0 Å². The highest BCUT2D eigenvalue weighted by molar-refractivity contribution is 7.99. The second-order valence-corrected chi connectivity index (χ2v) is 5.57. The average Bonchev–Trinajstić information content (AvgIpc) is 2.01. The summed E-state index contributed by atoms with van der Waals surface area (Å²) in [5.41, 5.74) is 0. The highest BCUT2D eigenvalue weighted by atomic mass is 32.2. The van der Waals surface area contributed by atoms with Gasteiger partial charge in [-0.25, -0.2) is 0 Å². The molecule has 0 atom stereocenters. The molecule has 0 unspecified atom stereocenters. The standard InChI is InChI=1S/C10H22S2/c1-9(2)5-6-10(7-11-3)8-12-4/h9-10H,5-8H2,1-4H3. The number of rotatable bonds is 7. The van der Waals surface area contributed by atoms with E-state index in [1.54, 1.807) is 0 Å². The van der Waals surface area contributed by atoms with Crippen molar-refractivity contribution in [2.75, 3.05) is 24.0 Å². The van der Waals surface area contributed by atoms with Crippen molar-refractivity contribution in [2.45, 2.75) is 26.7 Å². The maximum atomic E-state index is 2.31. The Morgan fingerprint density at radius 1 is 0.917 bits per heavy atom. The predicted molar refractivity (Wildman–Crippen MR) is 64.3 cm³/mol. The van der Waals surface area contributed by atoms with E-state index in [0.717, 1.165) is 11.8 Å². The van der Waals surface area contributed by atoms with Crippen molar-refractivity contribution >= 4 is 23.5 Å². The summed E-state index contributed by atoms with van der Waals surface area (Å²) in [5.74, 6) is 4.50. The Morgan fingerprint density at radius 2 is 1.42 bits per heavy atom. The van der Waals surface area contributed by atoms with Crippen molar-refractivity contribution in [1.82, 2.24) is 0 Å². The molecular formula is C10H22S2. The Bertz CT molecular complexity index is 85.8. The van der Waals surface area contributed by atoms with Crippen molar-refractivity contribution in [3.63, 3.8) is 0 Å². The molecule has 0 aromatic rings. The molecule has 0 rings (SSSR count). The molecule has 0 nitrogen and oxygen atoms in total. The van der Waals surface area contributed by atoms with Gasteiger partial charge in [0.15, 0.2) is 0 Å². The molecular weight excluding hydrogens is 184 g/mol. The summed E-state index contributed by atoms with van der Waals surface area (Å²) < 4.78 is 0. The molecule has 12 heavy (non-hydrogen) atoms. The molecule has 2 heteroatoms. The molecule has 0 fully saturated rings. The highest BCUT2D eigenvalue weighted by Gasteiger charge is 2.07. The Labute approximate surface area is 86.3 Å². The third-order valence-corrected chi connectivity index (χ3v) is 3.57. The van der Waals surface area contributed by atoms with Crippen LogP contribution < -0.4 is 0 Å². The summed E-state index contributed by atoms with van der Waals surface area (Å²) in [6.07, 6.45) is 7.23. The minimum atomic E-state index is 0.871. The van der Waals surface area contributed by atoms with E-state index in [4.69, 9.17) is 0 Å². The lowest BCUT2D eigenvalue weighted by Gasteiger charge is -2.15. The lowest BCUT2D eigenvalue weighted by atomic mass is 10.0. The molecule has 0 saturated heterocycles. The molecule has 0 bridgehead atoms. The average molecular weight is 206 g/mol. The van der Waals surface area contributed by atoms with E-state index >= 15 is 0 Å². The Kier molecular flexibility index (Phi) is 8.79. The number of hydrogen-bond acceptors (Lipinski definition) is 2. The molecule has 0 saturated carbocycles. The first-order valence-electron chi connectivity index (χ1n) is 4.68. The second-order valence-electron chi connectivity index (χ2n) is 3.75. The predicted octanol–water partition coefficient (Wildman–Crippen LogP) is 3.76. The monoisotopic (exact) mass is 206 g/mol. The fourth-order valence-electron chi connectivity index (χ4n) is 1.26. The Balaban J connectivity index is 3.48. The van der Waals surface area contributed by atoms with Crippen LogP contribution in [0.1, 0.15) is 26.7 Å². The summed E-state index contributed by atoms with van der Waals surface area (Å²) in [4.78, 5) is 0. The van der Waals surface area contributed by atoms with Crippen LogP contribution in [0.25, 0.3) is 0 Å². The third-order valence-electron chi connectivity index (χ3n) is 1.96. The van der Waals surface area contributed by atoms with Gasteiger partial charge in [-0.15, -0.1) is 0 Å². The lowest BCUT2D eigenvalue weighted by molar-refractivity contribution is 0.485. The van der Waals surface area contributed by atoms with E-state index in [2.05, 4.69) is 26.4 Å². The van der Waals surface area contributed by atoms with Gasteiger partial charge in [-0.2, -0.15) is 23.5 Å². The Morgan fingerprint density at radius 3 is 1.75 bits per heavy atom. The second kappa shape index (κ2) is 8.31. The van der Waals surface area contributed by atoms with Crippen LogP contribution in [0.5, 0.6) is 0 Å². The van der Waals surface area contributed by atoms with Gasteiger partial charge < -0.3 is 0 Å². The van der Waals surface area contributed by atoms with E-state index in [-0.39, 0.29) is 0 Å². The molecule has 0 radical (unpaired) electrons. The molecule has 0 heterocycles. The molecule has 0 aliphatic heterocycles. The number of thioether (sulfide) groups is 2. The van der Waals surface area contributed by atoms with E-state index in [1.165, 1.54) is 24.3 Å². The third kappa shape index (κ3) is 7.35. The summed E-state index contributed by atoms with van der Waals surface area (Å²) in [5, 5.41) is 0. The van der Waals surface area contributed by atoms with Crippen LogP contribution in [0.2, 0.25) is 0 Å². The van der Waals surface area contributed by atoms with Crippen LogP contribution in [0, 0.1) is 11.8 Å². The van der Waals surface area contributed by atoms with E-state index in [0.29, 0.717) is 0 Å². The van der Waals surface area contributed by atoms with Gasteiger partial charge >= 0.3 is 0 Å². The van der Waals surface area contributed by atoms with Crippen LogP contribution in [0.4, 0.5) is 0 Å². The molecule has 74 valence electrons. The summed E-state index contributed by atoms with van der Waals surface area (Å²) >= 11 is 3.98. The van der Waals surface area contributed by atoms with E-state index < -0.39 is 0 Å². The SMILES string of the molecule is CSCC(CCC(C)C)CSC. The van der Waals surface area contributed by atoms with Gasteiger partial charge in [-0.1, -0.05) is 20.3 Å². The van der Waals surface area contributed by atoms with Gasteiger partial charge in [0.05, 0.1) is 0 Å². The zero-order valence-electron chi connectivity index (χ0n) is 8.80. The first-order chi connectivity index (χ1) is 5.70. The minimum Gasteiger partial charge on any atom is -0.165 e. The van der Waals surface area contributed by atoms with Gasteiger partial charge in [0, 0.05) is 0 Å². The van der Waals surface area contributed by atoms with Crippen molar-refractivity contribution < 1.29 is 0 Å². The van der Waals surface area contributed by atoms with E-state index in [9.17, 15) is 0 Å². The molecule has 0 amide bonds. The van der Waals surface area contributed by atoms with Crippen LogP contribution in [-0.2, 0) is 0 Å². The van der Waals surface area contributed by atoms with Gasteiger partial charge in [0.25, 0.3) is 0 Å². The number of hydrogen-bond donors (Lipinski definition) is 0. The van der Waals surface area contributed by atoms with Gasteiger partial charge in [0.2, 0.25) is 0 Å². The zero-order chi connectivity index (χ0) is 9.40. The van der Waals surface area contributed by atoms with Crippen LogP contribution >= 0.6 is 23.5 Å². The highest BCUT2D eigenvalue weighted by Crippen LogP contribution is 2.19. The Hall–Kier alpha value is 0.700.